The van der Waals surface area contributed by atoms with Gasteiger partial charge in [-0.1, -0.05) is 11.6 Å². The number of rotatable bonds is 6. The molecule has 2 atom stereocenters. The lowest BCUT2D eigenvalue weighted by Gasteiger charge is -2.36. The third kappa shape index (κ3) is 4.94. The van der Waals surface area contributed by atoms with Crippen LogP contribution in [0.1, 0.15) is 26.7 Å². The summed E-state index contributed by atoms with van der Waals surface area (Å²) >= 11 is 5.93. The maximum Gasteiger partial charge on any atom is 0.245 e. The molecule has 0 spiro atoms. The number of aromatic amines is 1. The highest BCUT2D eigenvalue weighted by Gasteiger charge is 2.35. The molecular weight excluding hydrogens is 435 g/mol. The summed E-state index contributed by atoms with van der Waals surface area (Å²) < 4.78 is 13.7. The number of aliphatic hydroxyl groups is 1. The molecule has 3 aromatic rings. The standard InChI is InChI=1S/C22H26ClFN6O2/c1-22(2,32)18(28-16-9-13(23)8-14(24)10-16)21(31)29-15-4-3-7-30(11-15)20-17-5-6-25-19(17)26-12-27-20/h5-6,8-10,12,15,18,28,32H,3-4,7,11H2,1-2H3,(H,29,31)(H,25,26,27)/t15-,18+/m1/s1. The van der Waals surface area contributed by atoms with Crippen molar-refractivity contribution in [2.45, 2.75) is 44.4 Å². The number of anilines is 2. The molecule has 1 aliphatic heterocycles. The van der Waals surface area contributed by atoms with Crippen molar-refractivity contribution in [3.8, 4) is 0 Å². The predicted octanol–water partition coefficient (Wildman–Crippen LogP) is 3.09. The van der Waals surface area contributed by atoms with Gasteiger partial charge in [-0.25, -0.2) is 14.4 Å². The first-order chi connectivity index (χ1) is 15.2. The number of hydrogen-bond acceptors (Lipinski definition) is 6. The highest BCUT2D eigenvalue weighted by atomic mass is 35.5. The maximum absolute atomic E-state index is 13.7. The Kier molecular flexibility index (Phi) is 6.21. The summed E-state index contributed by atoms with van der Waals surface area (Å²) in [6.07, 6.45) is 5.02. The Balaban J connectivity index is 1.48. The summed E-state index contributed by atoms with van der Waals surface area (Å²) in [5.74, 6) is -0.0836. The minimum atomic E-state index is -1.40. The van der Waals surface area contributed by atoms with E-state index in [1.165, 1.54) is 38.4 Å². The zero-order chi connectivity index (χ0) is 22.9. The molecule has 2 aromatic heterocycles. The summed E-state index contributed by atoms with van der Waals surface area (Å²) in [6, 6.07) is 4.71. The molecule has 0 saturated carbocycles. The maximum atomic E-state index is 13.7. The largest absolute Gasteiger partial charge is 0.388 e. The van der Waals surface area contributed by atoms with Crippen LogP contribution in [0.5, 0.6) is 0 Å². The van der Waals surface area contributed by atoms with Gasteiger partial charge in [0.05, 0.1) is 11.0 Å². The monoisotopic (exact) mass is 460 g/mol. The number of nitrogens with one attached hydrogen (secondary N) is 3. The minimum Gasteiger partial charge on any atom is -0.388 e. The first-order valence-corrected chi connectivity index (χ1v) is 10.9. The molecule has 0 radical (unpaired) electrons. The van der Waals surface area contributed by atoms with Gasteiger partial charge in [0.15, 0.2) is 0 Å². The van der Waals surface area contributed by atoms with Gasteiger partial charge in [0.1, 0.15) is 29.7 Å². The second kappa shape index (κ2) is 8.91. The van der Waals surface area contributed by atoms with Crippen LogP contribution in [0.2, 0.25) is 5.02 Å². The molecule has 0 aliphatic carbocycles. The van der Waals surface area contributed by atoms with Crippen LogP contribution < -0.4 is 15.5 Å². The Labute approximate surface area is 190 Å². The Morgan fingerprint density at radius 2 is 2.19 bits per heavy atom. The van der Waals surface area contributed by atoms with Gasteiger partial charge < -0.3 is 25.6 Å². The van der Waals surface area contributed by atoms with E-state index >= 15 is 0 Å². The van der Waals surface area contributed by atoms with E-state index in [1.54, 1.807) is 0 Å². The number of piperidine rings is 1. The topological polar surface area (TPSA) is 106 Å². The highest BCUT2D eigenvalue weighted by molar-refractivity contribution is 6.30. The van der Waals surface area contributed by atoms with Crippen LogP contribution >= 0.6 is 11.6 Å². The number of fused-ring (bicyclic) bond motifs is 1. The number of aromatic nitrogens is 3. The van der Waals surface area contributed by atoms with E-state index in [9.17, 15) is 14.3 Å². The summed E-state index contributed by atoms with van der Waals surface area (Å²) in [5, 5.41) is 17.7. The van der Waals surface area contributed by atoms with E-state index in [0.717, 1.165) is 36.2 Å². The Morgan fingerprint density at radius 1 is 1.38 bits per heavy atom. The van der Waals surface area contributed by atoms with Gasteiger partial charge in [-0.2, -0.15) is 0 Å². The van der Waals surface area contributed by atoms with Crippen LogP contribution in [0.15, 0.2) is 36.8 Å². The fourth-order valence-electron chi connectivity index (χ4n) is 4.05. The minimum absolute atomic E-state index is 0.136. The molecule has 170 valence electrons. The van der Waals surface area contributed by atoms with Crippen LogP contribution in [0, 0.1) is 5.82 Å². The lowest BCUT2D eigenvalue weighted by molar-refractivity contribution is -0.127. The van der Waals surface area contributed by atoms with Gasteiger partial charge >= 0.3 is 0 Å². The van der Waals surface area contributed by atoms with Crippen molar-refractivity contribution in [3.63, 3.8) is 0 Å². The quantitative estimate of drug-likeness (QED) is 0.450. The van der Waals surface area contributed by atoms with Gasteiger partial charge in [-0.05, 0) is 51.0 Å². The number of amides is 1. The van der Waals surface area contributed by atoms with Crippen LogP contribution in [0.25, 0.3) is 11.0 Å². The first kappa shape index (κ1) is 22.3. The second-order valence-corrected chi connectivity index (χ2v) is 9.06. The zero-order valence-electron chi connectivity index (χ0n) is 17.9. The molecule has 8 nitrogen and oxygen atoms in total. The third-order valence-corrected chi connectivity index (χ3v) is 5.76. The first-order valence-electron chi connectivity index (χ1n) is 10.5. The third-order valence-electron chi connectivity index (χ3n) is 5.54. The molecule has 4 rings (SSSR count). The Hall–Kier alpha value is -2.91. The summed E-state index contributed by atoms with van der Waals surface area (Å²) in [4.78, 5) is 27.0. The van der Waals surface area contributed by atoms with Crippen molar-refractivity contribution in [2.24, 2.45) is 0 Å². The van der Waals surface area contributed by atoms with Crippen LogP contribution in [0.4, 0.5) is 15.9 Å². The number of benzene rings is 1. The Morgan fingerprint density at radius 3 is 2.94 bits per heavy atom. The average Bonchev–Trinajstić information content (AvgIpc) is 3.19. The summed E-state index contributed by atoms with van der Waals surface area (Å²) in [7, 11) is 0. The normalized spacial score (nSPS) is 17.9. The zero-order valence-corrected chi connectivity index (χ0v) is 18.7. The van der Waals surface area contributed by atoms with Crippen LogP contribution in [-0.4, -0.2) is 56.7 Å². The van der Waals surface area contributed by atoms with Crippen molar-refractivity contribution in [1.29, 1.82) is 0 Å². The van der Waals surface area contributed by atoms with E-state index in [1.807, 2.05) is 12.3 Å². The lowest BCUT2D eigenvalue weighted by Crippen LogP contribution is -2.57. The number of carbonyl (C=O) groups excluding carboxylic acids is 1. The molecule has 0 bridgehead atoms. The second-order valence-electron chi connectivity index (χ2n) is 8.62. The molecule has 32 heavy (non-hydrogen) atoms. The number of H-pyrrole nitrogens is 1. The van der Waals surface area contributed by atoms with Gasteiger partial charge in [0.25, 0.3) is 0 Å². The summed E-state index contributed by atoms with van der Waals surface area (Å²) in [5.41, 5.74) is -0.319. The fourth-order valence-corrected chi connectivity index (χ4v) is 4.27. The molecule has 0 unspecified atom stereocenters. The SMILES string of the molecule is CC(C)(O)[C@@H](Nc1cc(F)cc(Cl)c1)C(=O)N[C@@H]1CCCN(c2ncnc3[nH]ccc23)C1. The van der Waals surface area contributed by atoms with Crippen molar-refractivity contribution in [1.82, 2.24) is 20.3 Å². The van der Waals surface area contributed by atoms with Crippen molar-refractivity contribution in [2.75, 3.05) is 23.3 Å². The number of hydrogen-bond donors (Lipinski definition) is 4. The molecule has 1 aliphatic rings. The van der Waals surface area contributed by atoms with E-state index in [-0.39, 0.29) is 17.0 Å². The molecule has 1 fully saturated rings. The smallest absolute Gasteiger partial charge is 0.245 e. The number of carbonyl (C=O) groups is 1. The summed E-state index contributed by atoms with van der Waals surface area (Å²) in [6.45, 7) is 4.45. The average molecular weight is 461 g/mol. The van der Waals surface area contributed by atoms with Gasteiger partial charge in [-0.3, -0.25) is 4.79 Å². The molecular formula is C22H26ClFN6O2. The van der Waals surface area contributed by atoms with E-state index in [2.05, 4.69) is 30.5 Å². The molecule has 3 heterocycles. The molecule has 4 N–H and O–H groups in total. The number of nitrogens with zero attached hydrogens (tertiary/aromatic N) is 3. The van der Waals surface area contributed by atoms with Gasteiger partial charge in [-0.15, -0.1) is 0 Å². The van der Waals surface area contributed by atoms with Gasteiger partial charge in [0.2, 0.25) is 5.91 Å². The molecule has 10 heteroatoms. The van der Waals surface area contributed by atoms with E-state index < -0.39 is 17.5 Å². The van der Waals surface area contributed by atoms with Gasteiger partial charge in [0, 0.05) is 36.0 Å². The number of halogens is 2. The van der Waals surface area contributed by atoms with E-state index in [4.69, 9.17) is 11.6 Å². The van der Waals surface area contributed by atoms with Crippen molar-refractivity contribution >= 4 is 40.0 Å². The van der Waals surface area contributed by atoms with Crippen LogP contribution in [-0.2, 0) is 4.79 Å². The molecule has 1 aromatic carbocycles. The molecule has 1 amide bonds. The lowest BCUT2D eigenvalue weighted by atomic mass is 9.96. The fraction of sp³-hybridized carbons (Fsp3) is 0.409. The van der Waals surface area contributed by atoms with E-state index in [0.29, 0.717) is 12.2 Å². The predicted molar refractivity (Wildman–Crippen MR) is 122 cm³/mol. The van der Waals surface area contributed by atoms with Crippen LogP contribution in [0.3, 0.4) is 0 Å². The molecule has 1 saturated heterocycles. The Bertz CT molecular complexity index is 1090. The van der Waals surface area contributed by atoms with Crippen molar-refractivity contribution in [3.05, 3.63) is 47.6 Å². The van der Waals surface area contributed by atoms with Crippen molar-refractivity contribution < 1.29 is 14.3 Å². The highest BCUT2D eigenvalue weighted by Crippen LogP contribution is 2.26.